The van der Waals surface area contributed by atoms with Crippen molar-refractivity contribution in [1.29, 1.82) is 0 Å². The standard InChI is InChI=1S/C26H36ClN3O4/c1-33-22-6-5-19(17-21(22)27)28-23(31)20-18-25(20)9-11-29(12-10-25)24(32)26(7-3-2-4-8-26)30-13-15-34-16-14-30/h5-6,17,20H,2-4,7-16,18H2,1H3,(H,28,31)/t20-/m1/s1. The number of nitrogens with one attached hydrogen (secondary N) is 1. The molecule has 4 fully saturated rings. The molecule has 0 aromatic heterocycles. The summed E-state index contributed by atoms with van der Waals surface area (Å²) < 4.78 is 10.8. The van der Waals surface area contributed by atoms with Gasteiger partial charge in [-0.05, 0) is 55.7 Å². The number of halogens is 1. The Morgan fingerprint density at radius 2 is 1.76 bits per heavy atom. The van der Waals surface area contributed by atoms with E-state index in [4.69, 9.17) is 21.1 Å². The Hall–Kier alpha value is -1.83. The van der Waals surface area contributed by atoms with E-state index in [1.54, 1.807) is 19.2 Å². The fraction of sp³-hybridized carbons (Fsp3) is 0.692. The summed E-state index contributed by atoms with van der Waals surface area (Å²) in [6, 6.07) is 5.30. The van der Waals surface area contributed by atoms with Crippen LogP contribution in [0.3, 0.4) is 0 Å². The summed E-state index contributed by atoms with van der Waals surface area (Å²) in [5, 5.41) is 3.51. The molecule has 0 radical (unpaired) electrons. The van der Waals surface area contributed by atoms with Gasteiger partial charge in [0.1, 0.15) is 11.3 Å². The van der Waals surface area contributed by atoms with Crippen LogP contribution >= 0.6 is 11.6 Å². The zero-order valence-electron chi connectivity index (χ0n) is 20.1. The molecule has 2 aliphatic heterocycles. The Morgan fingerprint density at radius 1 is 1.06 bits per heavy atom. The predicted molar refractivity (Wildman–Crippen MR) is 131 cm³/mol. The third-order valence-corrected chi connectivity index (χ3v) is 8.96. The van der Waals surface area contributed by atoms with Crippen LogP contribution in [0.5, 0.6) is 5.75 Å². The Morgan fingerprint density at radius 3 is 2.41 bits per heavy atom. The first kappa shape index (κ1) is 23.9. The van der Waals surface area contributed by atoms with Gasteiger partial charge in [0, 0.05) is 37.8 Å². The fourth-order valence-corrected chi connectivity index (χ4v) is 6.75. The zero-order valence-corrected chi connectivity index (χ0v) is 20.9. The summed E-state index contributed by atoms with van der Waals surface area (Å²) in [6.45, 7) is 4.64. The third kappa shape index (κ3) is 4.42. The molecule has 1 N–H and O–H groups in total. The minimum absolute atomic E-state index is 0.00788. The number of anilines is 1. The molecule has 8 heteroatoms. The number of amides is 2. The van der Waals surface area contributed by atoms with Crippen molar-refractivity contribution in [3.8, 4) is 5.75 Å². The van der Waals surface area contributed by atoms with Crippen molar-refractivity contribution in [3.63, 3.8) is 0 Å². The van der Waals surface area contributed by atoms with Gasteiger partial charge in [-0.1, -0.05) is 30.9 Å². The van der Waals surface area contributed by atoms with E-state index in [0.29, 0.717) is 35.6 Å². The van der Waals surface area contributed by atoms with E-state index in [9.17, 15) is 9.59 Å². The summed E-state index contributed by atoms with van der Waals surface area (Å²) in [5.41, 5.74) is 0.381. The normalized spacial score (nSPS) is 26.2. The topological polar surface area (TPSA) is 71.1 Å². The summed E-state index contributed by atoms with van der Waals surface area (Å²) in [4.78, 5) is 31.3. The number of hydrogen-bond acceptors (Lipinski definition) is 5. The summed E-state index contributed by atoms with van der Waals surface area (Å²) in [6.07, 6.45) is 8.10. The lowest BCUT2D eigenvalue weighted by Crippen LogP contribution is -2.63. The maximum Gasteiger partial charge on any atom is 0.243 e. The number of ether oxygens (including phenoxy) is 2. The molecule has 5 rings (SSSR count). The lowest BCUT2D eigenvalue weighted by molar-refractivity contribution is -0.153. The molecule has 2 aliphatic carbocycles. The summed E-state index contributed by atoms with van der Waals surface area (Å²) in [7, 11) is 1.57. The SMILES string of the molecule is COc1ccc(NC(=O)[C@H]2CC23CCN(C(=O)C2(N4CCOCC4)CCCCC2)CC3)cc1Cl. The smallest absolute Gasteiger partial charge is 0.243 e. The quantitative estimate of drug-likeness (QED) is 0.678. The van der Waals surface area contributed by atoms with E-state index < -0.39 is 0 Å². The summed E-state index contributed by atoms with van der Waals surface area (Å²) in [5.74, 6) is 0.970. The van der Waals surface area contributed by atoms with Crippen molar-refractivity contribution in [3.05, 3.63) is 23.2 Å². The van der Waals surface area contributed by atoms with Crippen molar-refractivity contribution in [2.45, 2.75) is 56.9 Å². The number of hydrogen-bond donors (Lipinski definition) is 1. The molecule has 0 unspecified atom stereocenters. The van der Waals surface area contributed by atoms with Crippen LogP contribution in [-0.4, -0.2) is 73.7 Å². The number of carbonyl (C=O) groups is 2. The van der Waals surface area contributed by atoms with Crippen molar-refractivity contribution in [2.24, 2.45) is 11.3 Å². The van der Waals surface area contributed by atoms with E-state index in [1.165, 1.54) is 6.42 Å². The van der Waals surface area contributed by atoms with Gasteiger partial charge in [-0.3, -0.25) is 14.5 Å². The number of benzene rings is 1. The van der Waals surface area contributed by atoms with Gasteiger partial charge in [0.05, 0.1) is 25.3 Å². The second-order valence-corrected chi connectivity index (χ2v) is 10.8. The predicted octanol–water partition coefficient (Wildman–Crippen LogP) is 3.95. The van der Waals surface area contributed by atoms with E-state index in [1.807, 2.05) is 6.07 Å². The number of nitrogens with zero attached hydrogens (tertiary/aromatic N) is 2. The van der Waals surface area contributed by atoms with Crippen LogP contribution in [0.15, 0.2) is 18.2 Å². The average Bonchev–Trinajstić information content (AvgIpc) is 3.58. The number of likely N-dealkylation sites (tertiary alicyclic amines) is 1. The van der Waals surface area contributed by atoms with E-state index in [0.717, 1.165) is 71.1 Å². The first-order chi connectivity index (χ1) is 16.5. The van der Waals surface area contributed by atoms with Crippen LogP contribution < -0.4 is 10.1 Å². The van der Waals surface area contributed by atoms with Gasteiger partial charge in [0.25, 0.3) is 0 Å². The molecule has 7 nitrogen and oxygen atoms in total. The Bertz CT molecular complexity index is 919. The molecule has 1 aromatic carbocycles. The highest BCUT2D eigenvalue weighted by atomic mass is 35.5. The van der Waals surface area contributed by atoms with Gasteiger partial charge in [-0.25, -0.2) is 0 Å². The molecule has 4 aliphatic rings. The zero-order chi connectivity index (χ0) is 23.8. The Labute approximate surface area is 207 Å². The second-order valence-electron chi connectivity index (χ2n) is 10.4. The van der Waals surface area contributed by atoms with Gasteiger partial charge < -0.3 is 19.7 Å². The highest BCUT2D eigenvalue weighted by Crippen LogP contribution is 2.60. The lowest BCUT2D eigenvalue weighted by Gasteiger charge is -2.49. The highest BCUT2D eigenvalue weighted by molar-refractivity contribution is 6.32. The van der Waals surface area contributed by atoms with Gasteiger partial charge in [-0.2, -0.15) is 0 Å². The maximum atomic E-state index is 13.9. The molecule has 186 valence electrons. The molecule has 2 saturated heterocycles. The van der Waals surface area contributed by atoms with E-state index in [2.05, 4.69) is 15.1 Å². The van der Waals surface area contributed by atoms with E-state index >= 15 is 0 Å². The van der Waals surface area contributed by atoms with Crippen LogP contribution in [0.2, 0.25) is 5.02 Å². The molecule has 1 aromatic rings. The van der Waals surface area contributed by atoms with Crippen molar-refractivity contribution in [1.82, 2.24) is 9.80 Å². The number of piperidine rings is 1. The van der Waals surface area contributed by atoms with Crippen LogP contribution in [0, 0.1) is 11.3 Å². The van der Waals surface area contributed by atoms with Crippen molar-refractivity contribution < 1.29 is 19.1 Å². The van der Waals surface area contributed by atoms with Crippen LogP contribution in [-0.2, 0) is 14.3 Å². The molecule has 34 heavy (non-hydrogen) atoms. The monoisotopic (exact) mass is 489 g/mol. The minimum Gasteiger partial charge on any atom is -0.495 e. The molecular weight excluding hydrogens is 454 g/mol. The summed E-state index contributed by atoms with van der Waals surface area (Å²) >= 11 is 6.20. The number of rotatable bonds is 5. The molecule has 2 saturated carbocycles. The van der Waals surface area contributed by atoms with Gasteiger partial charge >= 0.3 is 0 Å². The molecular formula is C26H36ClN3O4. The maximum absolute atomic E-state index is 13.9. The van der Waals surface area contributed by atoms with Gasteiger partial charge in [-0.15, -0.1) is 0 Å². The molecule has 0 bridgehead atoms. The first-order valence-electron chi connectivity index (χ1n) is 12.7. The third-order valence-electron chi connectivity index (χ3n) is 8.67. The number of carbonyl (C=O) groups excluding carboxylic acids is 2. The van der Waals surface area contributed by atoms with Crippen LogP contribution in [0.25, 0.3) is 0 Å². The van der Waals surface area contributed by atoms with Crippen LogP contribution in [0.1, 0.15) is 51.4 Å². The highest BCUT2D eigenvalue weighted by Gasteiger charge is 2.59. The Balaban J connectivity index is 1.19. The lowest BCUT2D eigenvalue weighted by atomic mass is 9.78. The molecule has 2 amide bonds. The Kier molecular flexibility index (Phi) is 6.79. The molecule has 1 spiro atoms. The second kappa shape index (κ2) is 9.67. The average molecular weight is 490 g/mol. The largest absolute Gasteiger partial charge is 0.495 e. The van der Waals surface area contributed by atoms with Crippen molar-refractivity contribution in [2.75, 3.05) is 51.8 Å². The number of methoxy groups -OCH3 is 1. The minimum atomic E-state index is -0.347. The molecule has 1 atom stereocenters. The van der Waals surface area contributed by atoms with Gasteiger partial charge in [0.15, 0.2) is 0 Å². The van der Waals surface area contributed by atoms with E-state index in [-0.39, 0.29) is 22.8 Å². The first-order valence-corrected chi connectivity index (χ1v) is 13.1. The fourth-order valence-electron chi connectivity index (χ4n) is 6.49. The van der Waals surface area contributed by atoms with Crippen LogP contribution in [0.4, 0.5) is 5.69 Å². The molecule has 2 heterocycles. The van der Waals surface area contributed by atoms with Crippen molar-refractivity contribution >= 4 is 29.1 Å². The van der Waals surface area contributed by atoms with Gasteiger partial charge in [0.2, 0.25) is 11.8 Å². The number of morpholine rings is 1.